The van der Waals surface area contributed by atoms with Crippen LogP contribution in [0.4, 0.5) is 11.4 Å². The molecule has 0 fully saturated rings. The van der Waals surface area contributed by atoms with E-state index in [2.05, 4.69) is 32.9 Å². The first-order valence-corrected chi connectivity index (χ1v) is 11.2. The first-order valence-electron chi connectivity index (χ1n) is 11.2. The number of para-hydroxylation sites is 2. The highest BCUT2D eigenvalue weighted by atomic mass is 16.3. The van der Waals surface area contributed by atoms with Crippen molar-refractivity contribution in [1.29, 1.82) is 0 Å². The summed E-state index contributed by atoms with van der Waals surface area (Å²) in [4.78, 5) is 12.7. The van der Waals surface area contributed by atoms with E-state index < -0.39 is 0 Å². The Balaban J connectivity index is 1.30. The largest absolute Gasteiger partial charge is 0.507 e. The van der Waals surface area contributed by atoms with Gasteiger partial charge in [-0.1, -0.05) is 54.1 Å². The fourth-order valence-corrected chi connectivity index (χ4v) is 3.96. The van der Waals surface area contributed by atoms with Gasteiger partial charge in [0.05, 0.1) is 17.6 Å². The van der Waals surface area contributed by atoms with E-state index in [-0.39, 0.29) is 18.2 Å². The Bertz CT molecular complexity index is 1530. The van der Waals surface area contributed by atoms with Crippen molar-refractivity contribution in [2.75, 3.05) is 0 Å². The van der Waals surface area contributed by atoms with Crippen molar-refractivity contribution in [3.8, 4) is 5.75 Å². The Hall–Kier alpha value is -4.78. The van der Waals surface area contributed by atoms with Crippen LogP contribution in [0.5, 0.6) is 5.75 Å². The van der Waals surface area contributed by atoms with E-state index in [1.165, 1.54) is 12.3 Å². The van der Waals surface area contributed by atoms with Gasteiger partial charge in [-0.05, 0) is 49.4 Å². The van der Waals surface area contributed by atoms with E-state index in [4.69, 9.17) is 0 Å². The van der Waals surface area contributed by atoms with E-state index in [0.717, 1.165) is 33.1 Å². The molecule has 0 unspecified atom stereocenters. The van der Waals surface area contributed by atoms with Gasteiger partial charge >= 0.3 is 0 Å². The van der Waals surface area contributed by atoms with Crippen molar-refractivity contribution in [3.63, 3.8) is 0 Å². The predicted octanol–water partition coefficient (Wildman–Crippen LogP) is 6.37. The van der Waals surface area contributed by atoms with Gasteiger partial charge in [-0.25, -0.2) is 5.43 Å². The Morgan fingerprint density at radius 3 is 2.14 bits per heavy atom. The van der Waals surface area contributed by atoms with Crippen molar-refractivity contribution in [2.24, 2.45) is 15.3 Å². The van der Waals surface area contributed by atoms with Gasteiger partial charge in [0.1, 0.15) is 12.3 Å². The SMILES string of the molecule is Cc1ccc(N=Nc2ccc(O)c(/C=N/NC(=O)Cn3c4ccccc4c4ccccc43)c2)cc1. The summed E-state index contributed by atoms with van der Waals surface area (Å²) >= 11 is 0. The number of hydrogen-bond donors (Lipinski definition) is 2. The molecule has 5 aromatic rings. The van der Waals surface area contributed by atoms with Crippen LogP contribution in [0.15, 0.2) is 106 Å². The minimum atomic E-state index is -0.276. The average Bonchev–Trinajstić information content (AvgIpc) is 3.19. The normalized spacial score (nSPS) is 11.7. The number of nitrogens with zero attached hydrogens (tertiary/aromatic N) is 4. The predicted molar refractivity (Wildman–Crippen MR) is 139 cm³/mol. The first kappa shape index (κ1) is 22.0. The number of rotatable bonds is 6. The number of aromatic nitrogens is 1. The number of benzene rings is 4. The summed E-state index contributed by atoms with van der Waals surface area (Å²) in [5.41, 5.74) is 7.37. The summed E-state index contributed by atoms with van der Waals surface area (Å²) in [5.74, 6) is -0.248. The maximum absolute atomic E-state index is 12.7. The number of hydrogen-bond acceptors (Lipinski definition) is 5. The summed E-state index contributed by atoms with van der Waals surface area (Å²) in [7, 11) is 0. The number of amides is 1. The van der Waals surface area contributed by atoms with Crippen molar-refractivity contribution >= 4 is 45.3 Å². The monoisotopic (exact) mass is 461 g/mol. The number of fused-ring (bicyclic) bond motifs is 3. The van der Waals surface area contributed by atoms with Crippen LogP contribution in [-0.4, -0.2) is 21.8 Å². The number of nitrogens with one attached hydrogen (secondary N) is 1. The van der Waals surface area contributed by atoms with E-state index in [9.17, 15) is 9.90 Å². The first-order chi connectivity index (χ1) is 17.1. The summed E-state index contributed by atoms with van der Waals surface area (Å²) in [6.07, 6.45) is 1.39. The van der Waals surface area contributed by atoms with Crippen molar-refractivity contribution < 1.29 is 9.90 Å². The molecule has 7 nitrogen and oxygen atoms in total. The van der Waals surface area contributed by atoms with Crippen LogP contribution in [0.3, 0.4) is 0 Å². The second-order valence-corrected chi connectivity index (χ2v) is 8.19. The molecule has 1 amide bonds. The highest BCUT2D eigenvalue weighted by Crippen LogP contribution is 2.28. The molecular weight excluding hydrogens is 438 g/mol. The van der Waals surface area contributed by atoms with Gasteiger partial charge in [-0.2, -0.15) is 15.3 Å². The number of carbonyl (C=O) groups is 1. The highest BCUT2D eigenvalue weighted by Gasteiger charge is 2.12. The lowest BCUT2D eigenvalue weighted by molar-refractivity contribution is -0.121. The van der Waals surface area contributed by atoms with Crippen LogP contribution in [0, 0.1) is 6.92 Å². The maximum Gasteiger partial charge on any atom is 0.260 e. The summed E-state index contributed by atoms with van der Waals surface area (Å²) in [6, 6.07) is 28.5. The maximum atomic E-state index is 12.7. The standard InChI is InChI=1S/C28H23N5O2/c1-19-10-12-21(13-11-19)30-31-22-14-15-27(34)20(16-22)17-29-32-28(35)18-33-25-8-4-2-6-23(25)24-7-3-5-9-26(24)33/h2-17,34H,18H2,1H3,(H,32,35)/b29-17+,31-30?. The smallest absolute Gasteiger partial charge is 0.260 e. The summed E-state index contributed by atoms with van der Waals surface area (Å²) in [5, 5.41) is 24.9. The number of hydrazone groups is 1. The van der Waals surface area contributed by atoms with Gasteiger partial charge in [-0.15, -0.1) is 0 Å². The zero-order valence-electron chi connectivity index (χ0n) is 19.1. The van der Waals surface area contributed by atoms with Crippen molar-refractivity contribution in [3.05, 3.63) is 102 Å². The Labute approximate surface area is 202 Å². The van der Waals surface area contributed by atoms with Crippen molar-refractivity contribution in [1.82, 2.24) is 9.99 Å². The van der Waals surface area contributed by atoms with Gasteiger partial charge in [0, 0.05) is 27.4 Å². The molecule has 1 heterocycles. The zero-order valence-corrected chi connectivity index (χ0v) is 19.1. The molecule has 7 heteroatoms. The molecule has 2 N–H and O–H groups in total. The van der Waals surface area contributed by atoms with Gasteiger partial charge in [0.15, 0.2) is 0 Å². The van der Waals surface area contributed by atoms with Crippen LogP contribution in [0.1, 0.15) is 11.1 Å². The molecule has 1 aromatic heterocycles. The fraction of sp³-hybridized carbons (Fsp3) is 0.0714. The molecule has 0 saturated carbocycles. The number of phenols is 1. The molecule has 172 valence electrons. The number of aromatic hydroxyl groups is 1. The second kappa shape index (κ2) is 9.61. The van der Waals surface area contributed by atoms with Gasteiger partial charge in [0.25, 0.3) is 5.91 Å². The molecule has 35 heavy (non-hydrogen) atoms. The topological polar surface area (TPSA) is 91.3 Å². The van der Waals surface area contributed by atoms with E-state index in [0.29, 0.717) is 11.3 Å². The lowest BCUT2D eigenvalue weighted by atomic mass is 10.2. The molecule has 0 atom stereocenters. The van der Waals surface area contributed by atoms with Gasteiger partial charge in [0.2, 0.25) is 0 Å². The van der Waals surface area contributed by atoms with E-state index >= 15 is 0 Å². The average molecular weight is 462 g/mol. The minimum Gasteiger partial charge on any atom is -0.507 e. The van der Waals surface area contributed by atoms with Gasteiger partial charge in [-0.3, -0.25) is 4.79 Å². The Kier molecular flexibility index (Phi) is 6.05. The van der Waals surface area contributed by atoms with Crippen LogP contribution in [0.25, 0.3) is 21.8 Å². The highest BCUT2D eigenvalue weighted by molar-refractivity contribution is 6.08. The zero-order chi connectivity index (χ0) is 24.2. The van der Waals surface area contributed by atoms with Gasteiger partial charge < -0.3 is 9.67 Å². The molecule has 4 aromatic carbocycles. The molecule has 0 aliphatic heterocycles. The van der Waals surface area contributed by atoms with Crippen LogP contribution in [-0.2, 0) is 11.3 Å². The summed E-state index contributed by atoms with van der Waals surface area (Å²) < 4.78 is 1.97. The van der Waals surface area contributed by atoms with E-state index in [1.54, 1.807) is 12.1 Å². The summed E-state index contributed by atoms with van der Waals surface area (Å²) in [6.45, 7) is 2.12. The molecule has 5 rings (SSSR count). The fourth-order valence-electron chi connectivity index (χ4n) is 3.96. The molecule has 0 bridgehead atoms. The lowest BCUT2D eigenvalue weighted by Crippen LogP contribution is -2.23. The van der Waals surface area contributed by atoms with Crippen LogP contribution >= 0.6 is 0 Å². The third-order valence-electron chi connectivity index (χ3n) is 5.70. The molecule has 0 aliphatic rings. The Morgan fingerprint density at radius 1 is 0.857 bits per heavy atom. The van der Waals surface area contributed by atoms with Crippen molar-refractivity contribution in [2.45, 2.75) is 13.5 Å². The third kappa shape index (κ3) is 4.79. The quantitative estimate of drug-likeness (QED) is 0.175. The minimum absolute atomic E-state index is 0.0275. The molecular formula is C28H23N5O2. The molecule has 0 spiro atoms. The molecule has 0 aliphatic carbocycles. The lowest BCUT2D eigenvalue weighted by Gasteiger charge is -2.06. The van der Waals surface area contributed by atoms with Crippen LogP contribution in [0.2, 0.25) is 0 Å². The number of phenolic OH excluding ortho intramolecular Hbond substituents is 1. The third-order valence-corrected chi connectivity index (χ3v) is 5.70. The second-order valence-electron chi connectivity index (χ2n) is 8.19. The molecule has 0 radical (unpaired) electrons. The molecule has 0 saturated heterocycles. The number of azo groups is 1. The van der Waals surface area contributed by atoms with Crippen LogP contribution < -0.4 is 5.43 Å². The number of aryl methyl sites for hydroxylation is 1. The number of carbonyl (C=O) groups excluding carboxylic acids is 1. The Morgan fingerprint density at radius 2 is 1.46 bits per heavy atom. The van der Waals surface area contributed by atoms with E-state index in [1.807, 2.05) is 72.2 Å².